The van der Waals surface area contributed by atoms with Crippen LogP contribution < -0.4 is 5.32 Å². The Morgan fingerprint density at radius 1 is 1.39 bits per heavy atom. The Kier molecular flexibility index (Phi) is 9.17. The van der Waals surface area contributed by atoms with Crippen molar-refractivity contribution < 1.29 is 13.5 Å². The van der Waals surface area contributed by atoms with Crippen molar-refractivity contribution in [3.63, 3.8) is 0 Å². The number of aliphatic imine (C=N–C) groups is 1. The van der Waals surface area contributed by atoms with E-state index in [1.54, 1.807) is 25.5 Å². The number of likely N-dealkylation sites (tertiary alicyclic amines) is 1. The highest BCUT2D eigenvalue weighted by molar-refractivity contribution is 14.0. The summed E-state index contributed by atoms with van der Waals surface area (Å²) >= 11 is 0. The van der Waals surface area contributed by atoms with Crippen molar-refractivity contribution in [3.8, 4) is 11.5 Å². The topological polar surface area (TPSA) is 62.9 Å². The molecule has 1 aliphatic heterocycles. The average Bonchev–Trinajstić information content (AvgIpc) is 3.32. The highest BCUT2D eigenvalue weighted by Crippen LogP contribution is 2.19. The standard InChI is InChI=1S/C20H27FN4O2.HI/c1-3-22-20(25-11-9-15(12-25)13-26-2)23-10-8-18-14-27-19(24-18)16-4-6-17(21)7-5-16;/h4-7,14-15H,3,8-13H2,1-2H3,(H,22,23);1H. The van der Waals surface area contributed by atoms with Crippen LogP contribution in [0.25, 0.3) is 11.5 Å². The number of nitrogens with zero attached hydrogens (tertiary/aromatic N) is 3. The number of benzene rings is 1. The summed E-state index contributed by atoms with van der Waals surface area (Å²) in [7, 11) is 1.75. The Morgan fingerprint density at radius 2 is 2.18 bits per heavy atom. The van der Waals surface area contributed by atoms with Gasteiger partial charge in [-0.05, 0) is 37.6 Å². The number of rotatable bonds is 7. The molecule has 1 atom stereocenters. The number of methoxy groups -OCH3 is 1. The number of guanidine groups is 1. The van der Waals surface area contributed by atoms with Gasteiger partial charge in [-0.3, -0.25) is 4.99 Å². The van der Waals surface area contributed by atoms with Crippen LogP contribution in [0, 0.1) is 11.7 Å². The van der Waals surface area contributed by atoms with E-state index in [0.29, 0.717) is 24.8 Å². The molecule has 1 fully saturated rings. The van der Waals surface area contributed by atoms with Gasteiger partial charge in [0, 0.05) is 51.2 Å². The maximum atomic E-state index is 13.0. The van der Waals surface area contributed by atoms with Gasteiger partial charge in [0.25, 0.3) is 0 Å². The van der Waals surface area contributed by atoms with Gasteiger partial charge in [-0.2, -0.15) is 0 Å². The minimum atomic E-state index is -0.273. The van der Waals surface area contributed by atoms with E-state index in [2.05, 4.69) is 22.1 Å². The predicted octanol–water partition coefficient (Wildman–Crippen LogP) is 3.58. The van der Waals surface area contributed by atoms with E-state index in [4.69, 9.17) is 14.1 Å². The van der Waals surface area contributed by atoms with Gasteiger partial charge in [-0.25, -0.2) is 9.37 Å². The summed E-state index contributed by atoms with van der Waals surface area (Å²) in [6, 6.07) is 6.13. The van der Waals surface area contributed by atoms with Crippen molar-refractivity contribution >= 4 is 29.9 Å². The molecule has 154 valence electrons. The largest absolute Gasteiger partial charge is 0.444 e. The van der Waals surface area contributed by atoms with Gasteiger partial charge in [0.15, 0.2) is 5.96 Å². The lowest BCUT2D eigenvalue weighted by Crippen LogP contribution is -2.40. The molecule has 0 amide bonds. The zero-order valence-electron chi connectivity index (χ0n) is 16.4. The number of nitrogens with one attached hydrogen (secondary N) is 1. The van der Waals surface area contributed by atoms with Crippen molar-refractivity contribution in [2.75, 3.05) is 39.9 Å². The second-order valence-corrected chi connectivity index (χ2v) is 6.69. The highest BCUT2D eigenvalue weighted by Gasteiger charge is 2.24. The fourth-order valence-corrected chi connectivity index (χ4v) is 3.25. The van der Waals surface area contributed by atoms with Gasteiger partial charge < -0.3 is 19.4 Å². The lowest BCUT2D eigenvalue weighted by molar-refractivity contribution is 0.157. The summed E-state index contributed by atoms with van der Waals surface area (Å²) in [5.74, 6) is 1.74. The van der Waals surface area contributed by atoms with Crippen molar-refractivity contribution in [2.24, 2.45) is 10.9 Å². The molecule has 1 saturated heterocycles. The molecule has 28 heavy (non-hydrogen) atoms. The number of aromatic nitrogens is 1. The molecule has 0 radical (unpaired) electrons. The van der Waals surface area contributed by atoms with E-state index >= 15 is 0 Å². The fourth-order valence-electron chi connectivity index (χ4n) is 3.25. The van der Waals surface area contributed by atoms with Gasteiger partial charge in [-0.1, -0.05) is 0 Å². The molecule has 8 heteroatoms. The molecule has 0 aliphatic carbocycles. The SMILES string of the molecule is CCNC(=NCCc1coc(-c2ccc(F)cc2)n1)N1CCC(COC)C1.I. The van der Waals surface area contributed by atoms with Gasteiger partial charge in [0.2, 0.25) is 5.89 Å². The second kappa shape index (κ2) is 11.4. The van der Waals surface area contributed by atoms with Crippen LogP contribution in [0.5, 0.6) is 0 Å². The van der Waals surface area contributed by atoms with Crippen molar-refractivity contribution in [1.82, 2.24) is 15.2 Å². The van der Waals surface area contributed by atoms with Crippen molar-refractivity contribution in [1.29, 1.82) is 0 Å². The summed E-state index contributed by atoms with van der Waals surface area (Å²) in [5.41, 5.74) is 1.60. The maximum absolute atomic E-state index is 13.0. The molecule has 0 saturated carbocycles. The van der Waals surface area contributed by atoms with Crippen LogP contribution in [0.15, 0.2) is 39.9 Å². The minimum absolute atomic E-state index is 0. The molecule has 6 nitrogen and oxygen atoms in total. The third kappa shape index (κ3) is 6.16. The monoisotopic (exact) mass is 502 g/mol. The molecule has 2 heterocycles. The molecule has 1 unspecified atom stereocenters. The van der Waals surface area contributed by atoms with Crippen LogP contribution in [-0.4, -0.2) is 55.7 Å². The van der Waals surface area contributed by atoms with Crippen molar-refractivity contribution in [2.45, 2.75) is 19.8 Å². The molecular formula is C20H28FIN4O2. The van der Waals surface area contributed by atoms with Crippen LogP contribution in [0.2, 0.25) is 0 Å². The van der Waals surface area contributed by atoms with E-state index in [1.165, 1.54) is 12.1 Å². The minimum Gasteiger partial charge on any atom is -0.444 e. The zero-order valence-corrected chi connectivity index (χ0v) is 18.7. The number of oxazole rings is 1. The first kappa shape index (κ1) is 22.6. The number of hydrogen-bond donors (Lipinski definition) is 1. The predicted molar refractivity (Wildman–Crippen MR) is 119 cm³/mol. The first-order valence-corrected chi connectivity index (χ1v) is 9.42. The molecule has 0 spiro atoms. The van der Waals surface area contributed by atoms with E-state index in [9.17, 15) is 4.39 Å². The fraction of sp³-hybridized carbons (Fsp3) is 0.500. The van der Waals surface area contributed by atoms with Gasteiger partial charge in [-0.15, -0.1) is 24.0 Å². The first-order chi connectivity index (χ1) is 13.2. The summed E-state index contributed by atoms with van der Waals surface area (Å²) < 4.78 is 23.8. The second-order valence-electron chi connectivity index (χ2n) is 6.69. The van der Waals surface area contributed by atoms with Crippen LogP contribution in [0.4, 0.5) is 4.39 Å². The summed E-state index contributed by atoms with van der Waals surface area (Å²) in [5, 5.41) is 3.37. The normalized spacial score (nSPS) is 16.9. The summed E-state index contributed by atoms with van der Waals surface area (Å²) in [4.78, 5) is 11.5. The van der Waals surface area contributed by atoms with Gasteiger partial charge in [0.05, 0.1) is 12.3 Å². The molecule has 1 aromatic heterocycles. The number of ether oxygens (including phenoxy) is 1. The third-order valence-corrected chi connectivity index (χ3v) is 4.60. The Labute approximate surface area is 182 Å². The summed E-state index contributed by atoms with van der Waals surface area (Å²) in [6.07, 6.45) is 3.46. The summed E-state index contributed by atoms with van der Waals surface area (Å²) in [6.45, 7) is 6.30. The van der Waals surface area contributed by atoms with Crippen LogP contribution in [0.3, 0.4) is 0 Å². The molecular weight excluding hydrogens is 474 g/mol. The Balaban J connectivity index is 0.00000280. The van der Waals surface area contributed by atoms with E-state index in [-0.39, 0.29) is 29.8 Å². The maximum Gasteiger partial charge on any atom is 0.226 e. The van der Waals surface area contributed by atoms with E-state index < -0.39 is 0 Å². The molecule has 1 aliphatic rings. The van der Waals surface area contributed by atoms with Crippen LogP contribution in [0.1, 0.15) is 19.0 Å². The smallest absolute Gasteiger partial charge is 0.226 e. The molecule has 2 aromatic rings. The Bertz CT molecular complexity index is 751. The molecule has 0 bridgehead atoms. The number of hydrogen-bond acceptors (Lipinski definition) is 4. The van der Waals surface area contributed by atoms with Crippen molar-refractivity contribution in [3.05, 3.63) is 42.0 Å². The lowest BCUT2D eigenvalue weighted by Gasteiger charge is -2.21. The van der Waals surface area contributed by atoms with E-state index in [1.807, 2.05) is 0 Å². The third-order valence-electron chi connectivity index (χ3n) is 4.60. The quantitative estimate of drug-likeness (QED) is 0.357. The molecule has 3 rings (SSSR count). The zero-order chi connectivity index (χ0) is 19.1. The molecule has 1 N–H and O–H groups in total. The van der Waals surface area contributed by atoms with E-state index in [0.717, 1.165) is 49.9 Å². The first-order valence-electron chi connectivity index (χ1n) is 9.42. The van der Waals surface area contributed by atoms with Crippen LogP contribution >= 0.6 is 24.0 Å². The van der Waals surface area contributed by atoms with Gasteiger partial charge >= 0.3 is 0 Å². The number of halogens is 2. The Morgan fingerprint density at radius 3 is 2.89 bits per heavy atom. The average molecular weight is 502 g/mol. The Hall–Kier alpha value is -1.68. The molecule has 1 aromatic carbocycles. The van der Waals surface area contributed by atoms with Gasteiger partial charge in [0.1, 0.15) is 12.1 Å². The lowest BCUT2D eigenvalue weighted by atomic mass is 10.1. The highest BCUT2D eigenvalue weighted by atomic mass is 127. The van der Waals surface area contributed by atoms with Crippen LogP contribution in [-0.2, 0) is 11.2 Å².